The SMILES string of the molecule is c1ccc2c(c1)oc1nc(-c3ccc(N(c4ccc(-c5ccc6ccncc6c5)cc4)c4ccc(-c5ccc6ccncc6c5)cc4)cc3)ccc12. The molecule has 5 nitrogen and oxygen atoms in total. The summed E-state index contributed by atoms with van der Waals surface area (Å²) in [5.74, 6) is 0. The molecule has 0 unspecified atom stereocenters. The lowest BCUT2D eigenvalue weighted by atomic mass is 10.0. The number of fused-ring (bicyclic) bond motifs is 5. The molecule has 0 radical (unpaired) electrons. The van der Waals surface area contributed by atoms with Gasteiger partial charge in [-0.05, 0) is 112 Å². The van der Waals surface area contributed by atoms with Gasteiger partial charge in [-0.2, -0.15) is 0 Å². The molecule has 52 heavy (non-hydrogen) atoms. The fourth-order valence-electron chi connectivity index (χ4n) is 7.13. The Bertz CT molecular complexity index is 2770. The van der Waals surface area contributed by atoms with E-state index in [4.69, 9.17) is 9.40 Å². The Morgan fingerprint density at radius 3 is 1.50 bits per heavy atom. The van der Waals surface area contributed by atoms with E-state index >= 15 is 0 Å². The number of rotatable bonds is 6. The Morgan fingerprint density at radius 1 is 0.404 bits per heavy atom. The van der Waals surface area contributed by atoms with Gasteiger partial charge in [-0.1, -0.05) is 78.9 Å². The third-order valence-corrected chi connectivity index (χ3v) is 9.86. The lowest BCUT2D eigenvalue weighted by Crippen LogP contribution is -2.09. The predicted octanol–water partition coefficient (Wildman–Crippen LogP) is 12.5. The van der Waals surface area contributed by atoms with Crippen LogP contribution in [0.5, 0.6) is 0 Å². The third-order valence-electron chi connectivity index (χ3n) is 9.86. The first kappa shape index (κ1) is 29.8. The van der Waals surface area contributed by atoms with Crippen LogP contribution in [0.2, 0.25) is 0 Å². The molecule has 0 spiro atoms. The highest BCUT2D eigenvalue weighted by molar-refractivity contribution is 6.04. The second-order valence-electron chi connectivity index (χ2n) is 13.0. The van der Waals surface area contributed by atoms with Gasteiger partial charge in [0.2, 0.25) is 5.71 Å². The highest BCUT2D eigenvalue weighted by atomic mass is 16.3. The summed E-state index contributed by atoms with van der Waals surface area (Å²) in [5.41, 5.74) is 11.2. The highest BCUT2D eigenvalue weighted by Crippen LogP contribution is 2.38. The van der Waals surface area contributed by atoms with E-state index in [1.54, 1.807) is 0 Å². The molecule has 4 aromatic heterocycles. The largest absolute Gasteiger partial charge is 0.438 e. The topological polar surface area (TPSA) is 55.1 Å². The number of benzene rings is 6. The predicted molar refractivity (Wildman–Crippen MR) is 213 cm³/mol. The normalized spacial score (nSPS) is 11.5. The summed E-state index contributed by atoms with van der Waals surface area (Å²) in [6.45, 7) is 0. The summed E-state index contributed by atoms with van der Waals surface area (Å²) in [5, 5.41) is 6.72. The monoisotopic (exact) mass is 666 g/mol. The first-order valence-corrected chi connectivity index (χ1v) is 17.3. The van der Waals surface area contributed by atoms with Gasteiger partial charge in [-0.3, -0.25) is 9.97 Å². The number of hydrogen-bond acceptors (Lipinski definition) is 5. The number of nitrogens with zero attached hydrogens (tertiary/aromatic N) is 4. The third kappa shape index (κ3) is 5.32. The summed E-state index contributed by atoms with van der Waals surface area (Å²) in [6.07, 6.45) is 7.50. The summed E-state index contributed by atoms with van der Waals surface area (Å²) in [6, 6.07) is 55.5. The van der Waals surface area contributed by atoms with E-state index in [9.17, 15) is 0 Å². The fourth-order valence-corrected chi connectivity index (χ4v) is 7.13. The maximum Gasteiger partial charge on any atom is 0.227 e. The van der Waals surface area contributed by atoms with Gasteiger partial charge in [0.25, 0.3) is 0 Å². The van der Waals surface area contributed by atoms with Crippen molar-refractivity contribution in [3.05, 3.63) is 183 Å². The van der Waals surface area contributed by atoms with Crippen LogP contribution in [0.4, 0.5) is 17.1 Å². The molecular weight excluding hydrogens is 637 g/mol. The summed E-state index contributed by atoms with van der Waals surface area (Å²) < 4.78 is 6.09. The van der Waals surface area contributed by atoms with Crippen LogP contribution in [0.1, 0.15) is 0 Å². The van der Waals surface area contributed by atoms with Crippen LogP contribution in [0.15, 0.2) is 187 Å². The molecule has 0 amide bonds. The molecule has 6 aromatic carbocycles. The van der Waals surface area contributed by atoms with Gasteiger partial charge in [-0.25, -0.2) is 4.98 Å². The van der Waals surface area contributed by atoms with E-state index < -0.39 is 0 Å². The van der Waals surface area contributed by atoms with Crippen molar-refractivity contribution in [2.24, 2.45) is 0 Å². The molecule has 10 aromatic rings. The maximum absolute atomic E-state index is 6.09. The van der Waals surface area contributed by atoms with Crippen LogP contribution in [-0.2, 0) is 0 Å². The van der Waals surface area contributed by atoms with Crippen LogP contribution in [0.3, 0.4) is 0 Å². The number of para-hydroxylation sites is 1. The van der Waals surface area contributed by atoms with Crippen molar-refractivity contribution in [3.8, 4) is 33.5 Å². The molecule has 10 rings (SSSR count). The van der Waals surface area contributed by atoms with Gasteiger partial charge >= 0.3 is 0 Å². The van der Waals surface area contributed by atoms with E-state index in [0.29, 0.717) is 5.71 Å². The quantitative estimate of drug-likeness (QED) is 0.177. The zero-order valence-corrected chi connectivity index (χ0v) is 28.0. The van der Waals surface area contributed by atoms with E-state index in [1.165, 1.54) is 10.8 Å². The molecule has 0 aliphatic heterocycles. The van der Waals surface area contributed by atoms with Crippen LogP contribution >= 0.6 is 0 Å². The van der Waals surface area contributed by atoms with E-state index in [-0.39, 0.29) is 0 Å². The smallest absolute Gasteiger partial charge is 0.227 e. The Kier molecular flexibility index (Phi) is 7.07. The molecule has 244 valence electrons. The summed E-state index contributed by atoms with van der Waals surface area (Å²) >= 11 is 0. The number of pyridine rings is 3. The van der Waals surface area contributed by atoms with Crippen LogP contribution in [0.25, 0.3) is 77.1 Å². The Labute approximate surface area is 300 Å². The van der Waals surface area contributed by atoms with Crippen molar-refractivity contribution >= 4 is 60.7 Å². The fraction of sp³-hybridized carbons (Fsp3) is 0. The second-order valence-corrected chi connectivity index (χ2v) is 13.0. The Balaban J connectivity index is 1.02. The molecule has 0 aliphatic carbocycles. The average molecular weight is 667 g/mol. The van der Waals surface area contributed by atoms with Crippen molar-refractivity contribution in [2.45, 2.75) is 0 Å². The molecule has 0 bridgehead atoms. The van der Waals surface area contributed by atoms with E-state index in [0.717, 1.165) is 77.7 Å². The van der Waals surface area contributed by atoms with Crippen molar-refractivity contribution in [1.82, 2.24) is 15.0 Å². The Hall–Kier alpha value is -7.11. The molecule has 5 heteroatoms. The van der Waals surface area contributed by atoms with Crippen LogP contribution < -0.4 is 4.90 Å². The summed E-state index contributed by atoms with van der Waals surface area (Å²) in [7, 11) is 0. The maximum atomic E-state index is 6.09. The Morgan fingerprint density at radius 2 is 0.923 bits per heavy atom. The van der Waals surface area contributed by atoms with Crippen molar-refractivity contribution in [1.29, 1.82) is 0 Å². The van der Waals surface area contributed by atoms with Crippen LogP contribution in [0, 0.1) is 0 Å². The van der Waals surface area contributed by atoms with Crippen LogP contribution in [-0.4, -0.2) is 15.0 Å². The molecular formula is C47H30N4O. The lowest BCUT2D eigenvalue weighted by Gasteiger charge is -2.26. The van der Waals surface area contributed by atoms with Gasteiger partial charge < -0.3 is 9.32 Å². The van der Waals surface area contributed by atoms with E-state index in [2.05, 4.69) is 142 Å². The zero-order chi connectivity index (χ0) is 34.4. The molecule has 0 aliphatic rings. The number of aromatic nitrogens is 3. The van der Waals surface area contributed by atoms with Gasteiger partial charge in [0.05, 0.1) is 5.69 Å². The molecule has 0 atom stereocenters. The molecule has 0 fully saturated rings. The number of hydrogen-bond donors (Lipinski definition) is 0. The number of furan rings is 1. The second kappa shape index (κ2) is 12.3. The van der Waals surface area contributed by atoms with Gasteiger partial charge in [0, 0.05) is 69.0 Å². The standard InChI is InChI=1S/C47H30N4O/c1-2-4-46-43(3-1)44-21-22-45(50-47(44)52-46)35-13-19-42(20-14-35)51(40-15-9-31(10-16-40)36-7-5-33-23-25-48-29-38(33)27-36)41-17-11-32(12-18-41)37-8-6-34-24-26-49-30-39(34)28-37/h1-30H. The van der Waals surface area contributed by atoms with Crippen molar-refractivity contribution in [3.63, 3.8) is 0 Å². The zero-order valence-electron chi connectivity index (χ0n) is 28.0. The van der Waals surface area contributed by atoms with Gasteiger partial charge in [0.1, 0.15) is 5.58 Å². The molecule has 4 heterocycles. The first-order chi connectivity index (χ1) is 25.7. The average Bonchev–Trinajstić information content (AvgIpc) is 3.59. The van der Waals surface area contributed by atoms with Crippen molar-refractivity contribution in [2.75, 3.05) is 4.90 Å². The minimum atomic E-state index is 0.648. The van der Waals surface area contributed by atoms with Gasteiger partial charge in [0.15, 0.2) is 0 Å². The number of anilines is 3. The molecule has 0 N–H and O–H groups in total. The molecule has 0 saturated heterocycles. The summed E-state index contributed by atoms with van der Waals surface area (Å²) in [4.78, 5) is 15.8. The minimum Gasteiger partial charge on any atom is -0.438 e. The van der Waals surface area contributed by atoms with Gasteiger partial charge in [-0.15, -0.1) is 0 Å². The van der Waals surface area contributed by atoms with E-state index in [1.807, 2.05) is 55.1 Å². The highest BCUT2D eigenvalue weighted by Gasteiger charge is 2.15. The lowest BCUT2D eigenvalue weighted by molar-refractivity contribution is 0.654. The van der Waals surface area contributed by atoms with Crippen molar-refractivity contribution < 1.29 is 4.42 Å². The minimum absolute atomic E-state index is 0.648. The molecule has 0 saturated carbocycles. The first-order valence-electron chi connectivity index (χ1n) is 17.3.